The standard InChI is InChI=1S/C26H32N2O6S2/c1-25(2,3)19(23(31)32)27-21(29)15-11-7-9-13-17(15)35-36-18-14-10-8-12-16(18)22(30)28-20(24(33)34)26(4,5)6/h7-14,19-20H,1-6H3,(H,27,29)(H,28,30)(H,31,32)(H,33,34)/t19-,20-/m1/s1. The van der Waals surface area contributed by atoms with Gasteiger partial charge < -0.3 is 20.8 Å². The molecule has 0 aliphatic carbocycles. The molecule has 8 nitrogen and oxygen atoms in total. The molecule has 2 amide bonds. The molecule has 0 radical (unpaired) electrons. The average Bonchev–Trinajstić information content (AvgIpc) is 2.77. The molecule has 2 aromatic carbocycles. The van der Waals surface area contributed by atoms with Crippen LogP contribution in [0.15, 0.2) is 58.3 Å². The maximum atomic E-state index is 13.0. The molecule has 0 unspecified atom stereocenters. The topological polar surface area (TPSA) is 133 Å². The largest absolute Gasteiger partial charge is 0.480 e. The van der Waals surface area contributed by atoms with Crippen molar-refractivity contribution in [3.63, 3.8) is 0 Å². The highest BCUT2D eigenvalue weighted by molar-refractivity contribution is 8.76. The lowest BCUT2D eigenvalue weighted by Gasteiger charge is -2.28. The number of hydrogen-bond donors (Lipinski definition) is 4. The van der Waals surface area contributed by atoms with E-state index in [9.17, 15) is 29.4 Å². The van der Waals surface area contributed by atoms with E-state index in [0.717, 1.165) is 0 Å². The van der Waals surface area contributed by atoms with E-state index < -0.39 is 46.7 Å². The second-order valence-electron chi connectivity index (χ2n) is 10.4. The summed E-state index contributed by atoms with van der Waals surface area (Å²) in [6.07, 6.45) is 0. The van der Waals surface area contributed by atoms with Gasteiger partial charge in [-0.3, -0.25) is 9.59 Å². The summed E-state index contributed by atoms with van der Waals surface area (Å²) in [6, 6.07) is 11.4. The van der Waals surface area contributed by atoms with Crippen LogP contribution in [0.3, 0.4) is 0 Å². The highest BCUT2D eigenvalue weighted by Crippen LogP contribution is 2.40. The van der Waals surface area contributed by atoms with Gasteiger partial charge in [0.25, 0.3) is 11.8 Å². The third-order valence-corrected chi connectivity index (χ3v) is 7.74. The molecule has 2 atom stereocenters. The minimum Gasteiger partial charge on any atom is -0.480 e. The number of nitrogens with one attached hydrogen (secondary N) is 2. The Morgan fingerprint density at radius 3 is 1.22 bits per heavy atom. The summed E-state index contributed by atoms with van der Waals surface area (Å²) in [4.78, 5) is 50.5. The first-order chi connectivity index (χ1) is 16.6. The van der Waals surface area contributed by atoms with Gasteiger partial charge in [-0.1, -0.05) is 87.4 Å². The van der Waals surface area contributed by atoms with Crippen molar-refractivity contribution in [1.82, 2.24) is 10.6 Å². The first-order valence-electron chi connectivity index (χ1n) is 11.2. The molecular weight excluding hydrogens is 500 g/mol. The fourth-order valence-corrected chi connectivity index (χ4v) is 5.62. The van der Waals surface area contributed by atoms with Crippen LogP contribution in [0, 0.1) is 10.8 Å². The third kappa shape index (κ3) is 7.76. The predicted molar refractivity (Wildman–Crippen MR) is 141 cm³/mol. The van der Waals surface area contributed by atoms with Crippen molar-refractivity contribution in [1.29, 1.82) is 0 Å². The Labute approximate surface area is 219 Å². The van der Waals surface area contributed by atoms with Gasteiger partial charge in [-0.15, -0.1) is 0 Å². The van der Waals surface area contributed by atoms with E-state index in [1.165, 1.54) is 21.6 Å². The number of hydrogen-bond acceptors (Lipinski definition) is 6. The lowest BCUT2D eigenvalue weighted by Crippen LogP contribution is -2.49. The Morgan fingerprint density at radius 2 is 0.944 bits per heavy atom. The molecule has 0 heterocycles. The normalized spacial score (nSPS) is 13.4. The Bertz CT molecular complexity index is 1050. The van der Waals surface area contributed by atoms with Crippen LogP contribution in [0.4, 0.5) is 0 Å². The Kier molecular flexibility index (Phi) is 9.62. The number of carbonyl (C=O) groups is 4. The molecular formula is C26H32N2O6S2. The van der Waals surface area contributed by atoms with Crippen molar-refractivity contribution < 1.29 is 29.4 Å². The van der Waals surface area contributed by atoms with E-state index in [2.05, 4.69) is 10.6 Å². The molecule has 0 aromatic heterocycles. The molecule has 0 aliphatic rings. The van der Waals surface area contributed by atoms with Crippen molar-refractivity contribution in [2.45, 2.75) is 63.4 Å². The molecule has 0 saturated carbocycles. The van der Waals surface area contributed by atoms with Crippen molar-refractivity contribution in [3.8, 4) is 0 Å². The van der Waals surface area contributed by atoms with Crippen LogP contribution in [-0.2, 0) is 9.59 Å². The van der Waals surface area contributed by atoms with Crippen LogP contribution in [0.2, 0.25) is 0 Å². The van der Waals surface area contributed by atoms with Gasteiger partial charge in [-0.05, 0) is 35.1 Å². The molecule has 2 aromatic rings. The molecule has 36 heavy (non-hydrogen) atoms. The number of benzene rings is 2. The Balaban J connectivity index is 2.25. The summed E-state index contributed by atoms with van der Waals surface area (Å²) in [6.45, 7) is 10.4. The van der Waals surface area contributed by atoms with Crippen molar-refractivity contribution in [2.75, 3.05) is 0 Å². The highest BCUT2D eigenvalue weighted by Gasteiger charge is 2.34. The van der Waals surface area contributed by atoms with Gasteiger partial charge in [0, 0.05) is 9.79 Å². The van der Waals surface area contributed by atoms with Gasteiger partial charge in [0.15, 0.2) is 0 Å². The molecule has 0 spiro atoms. The summed E-state index contributed by atoms with van der Waals surface area (Å²) >= 11 is 0. The summed E-state index contributed by atoms with van der Waals surface area (Å²) in [5, 5.41) is 24.3. The highest BCUT2D eigenvalue weighted by atomic mass is 33.1. The lowest BCUT2D eigenvalue weighted by molar-refractivity contribution is -0.143. The van der Waals surface area contributed by atoms with Gasteiger partial charge >= 0.3 is 11.9 Å². The van der Waals surface area contributed by atoms with Crippen LogP contribution >= 0.6 is 21.6 Å². The van der Waals surface area contributed by atoms with Crippen LogP contribution in [0.5, 0.6) is 0 Å². The first-order valence-corrected chi connectivity index (χ1v) is 13.4. The predicted octanol–water partition coefficient (Wildman–Crippen LogP) is 4.94. The van der Waals surface area contributed by atoms with E-state index in [-0.39, 0.29) is 0 Å². The maximum Gasteiger partial charge on any atom is 0.326 e. The fraction of sp³-hybridized carbons (Fsp3) is 0.385. The van der Waals surface area contributed by atoms with E-state index >= 15 is 0 Å². The number of amides is 2. The molecule has 4 N–H and O–H groups in total. The minimum atomic E-state index is -1.12. The van der Waals surface area contributed by atoms with E-state index in [0.29, 0.717) is 20.9 Å². The van der Waals surface area contributed by atoms with Gasteiger partial charge in [0.1, 0.15) is 12.1 Å². The molecule has 0 aliphatic heterocycles. The number of rotatable bonds is 9. The Morgan fingerprint density at radius 1 is 0.639 bits per heavy atom. The first kappa shape index (κ1) is 29.3. The van der Waals surface area contributed by atoms with Crippen molar-refractivity contribution in [3.05, 3.63) is 59.7 Å². The van der Waals surface area contributed by atoms with E-state index in [4.69, 9.17) is 0 Å². The lowest BCUT2D eigenvalue weighted by atomic mass is 9.86. The summed E-state index contributed by atoms with van der Waals surface area (Å²) < 4.78 is 0. The van der Waals surface area contributed by atoms with Crippen molar-refractivity contribution >= 4 is 45.3 Å². The number of carboxylic acids is 2. The number of carbonyl (C=O) groups excluding carboxylic acids is 2. The summed E-state index contributed by atoms with van der Waals surface area (Å²) in [5.74, 6) is -3.27. The smallest absolute Gasteiger partial charge is 0.326 e. The van der Waals surface area contributed by atoms with Crippen LogP contribution in [-0.4, -0.2) is 46.0 Å². The van der Waals surface area contributed by atoms with Gasteiger partial charge in [0.05, 0.1) is 11.1 Å². The Hall–Kier alpha value is -2.98. The zero-order valence-corrected chi connectivity index (χ0v) is 22.8. The van der Waals surface area contributed by atoms with Crippen molar-refractivity contribution in [2.24, 2.45) is 10.8 Å². The molecule has 194 valence electrons. The second-order valence-corrected chi connectivity index (χ2v) is 12.6. The maximum absolute atomic E-state index is 13.0. The number of aliphatic carboxylic acids is 2. The SMILES string of the molecule is CC(C)(C)[C@H](NC(=O)c1ccccc1SSc1ccccc1C(=O)N[C@H](C(=O)O)C(C)(C)C)C(=O)O. The minimum absolute atomic E-state index is 0.311. The zero-order valence-electron chi connectivity index (χ0n) is 21.1. The third-order valence-electron chi connectivity index (χ3n) is 5.26. The second kappa shape index (κ2) is 11.8. The average molecular weight is 533 g/mol. The zero-order chi connectivity index (χ0) is 27.3. The van der Waals surface area contributed by atoms with E-state index in [1.807, 2.05) is 0 Å². The van der Waals surface area contributed by atoms with Gasteiger partial charge in [-0.2, -0.15) is 0 Å². The monoisotopic (exact) mass is 532 g/mol. The summed E-state index contributed by atoms with van der Waals surface area (Å²) in [5.41, 5.74) is -0.756. The molecule has 10 heteroatoms. The molecule has 2 rings (SSSR count). The molecule has 0 fully saturated rings. The molecule has 0 saturated heterocycles. The molecule has 0 bridgehead atoms. The van der Waals surface area contributed by atoms with Crippen LogP contribution in [0.1, 0.15) is 62.3 Å². The van der Waals surface area contributed by atoms with Gasteiger partial charge in [0.2, 0.25) is 0 Å². The number of carboxylic acid groups (broad SMARTS) is 2. The quantitative estimate of drug-likeness (QED) is 0.334. The summed E-state index contributed by atoms with van der Waals surface area (Å²) in [7, 11) is 2.49. The van der Waals surface area contributed by atoms with Crippen LogP contribution < -0.4 is 10.6 Å². The fourth-order valence-electron chi connectivity index (χ4n) is 3.26. The van der Waals surface area contributed by atoms with E-state index in [1.54, 1.807) is 90.1 Å². The van der Waals surface area contributed by atoms with Crippen LogP contribution in [0.25, 0.3) is 0 Å². The van der Waals surface area contributed by atoms with Gasteiger partial charge in [-0.25, -0.2) is 9.59 Å².